The normalized spacial score (nSPS) is 10.7. The third-order valence-electron chi connectivity index (χ3n) is 2.14. The molecule has 0 aliphatic carbocycles. The monoisotopic (exact) mass is 264 g/mol. The molecule has 104 valence electrons. The van der Waals surface area contributed by atoms with Crippen LogP contribution in [0.15, 0.2) is 28.4 Å². The highest BCUT2D eigenvalue weighted by Gasteiger charge is 2.05. The van der Waals surface area contributed by atoms with E-state index >= 15 is 0 Å². The molecule has 0 amide bonds. The molecule has 0 aliphatic heterocycles. The molecular weight excluding hydrogens is 244 g/mol. The van der Waals surface area contributed by atoms with Crippen LogP contribution in [0.4, 0.5) is 0 Å². The van der Waals surface area contributed by atoms with Crippen molar-refractivity contribution in [3.63, 3.8) is 0 Å². The molecule has 6 nitrogen and oxygen atoms in total. The van der Waals surface area contributed by atoms with Gasteiger partial charge in [-0.3, -0.25) is 0 Å². The number of nitrogens with two attached hydrogens (primary N) is 2. The van der Waals surface area contributed by atoms with Crippen molar-refractivity contribution < 1.29 is 9.47 Å². The minimum Gasteiger partial charge on any atom is -0.493 e. The third-order valence-corrected chi connectivity index (χ3v) is 2.14. The van der Waals surface area contributed by atoms with E-state index in [1.54, 1.807) is 13.2 Å². The summed E-state index contributed by atoms with van der Waals surface area (Å²) in [5.74, 6) is 1.72. The fourth-order valence-electron chi connectivity index (χ4n) is 1.30. The average Bonchev–Trinajstić information content (AvgIpc) is 2.36. The van der Waals surface area contributed by atoms with E-state index in [9.17, 15) is 0 Å². The van der Waals surface area contributed by atoms with E-state index in [0.717, 1.165) is 5.56 Å². The lowest BCUT2D eigenvalue weighted by molar-refractivity contribution is 0.257. The highest BCUT2D eigenvalue weighted by atomic mass is 16.5. The van der Waals surface area contributed by atoms with Crippen LogP contribution in [0.3, 0.4) is 0 Å². The number of rotatable bonds is 6. The topological polar surface area (TPSA) is 95.2 Å². The Balaban J connectivity index is 2.83. The highest BCUT2D eigenvalue weighted by Crippen LogP contribution is 2.27. The maximum Gasteiger partial charge on any atom is 0.211 e. The summed E-state index contributed by atoms with van der Waals surface area (Å²) in [6.45, 7) is 4.81. The van der Waals surface area contributed by atoms with Gasteiger partial charge in [-0.05, 0) is 29.7 Å². The fraction of sp³-hybridized carbons (Fsp3) is 0.385. The summed E-state index contributed by atoms with van der Waals surface area (Å²) >= 11 is 0. The second-order valence-electron chi connectivity index (χ2n) is 4.38. The number of nitrogens with zero attached hydrogens (tertiary/aromatic N) is 2. The van der Waals surface area contributed by atoms with E-state index < -0.39 is 0 Å². The molecule has 0 fully saturated rings. The summed E-state index contributed by atoms with van der Waals surface area (Å²) in [7, 11) is 1.59. The van der Waals surface area contributed by atoms with Crippen LogP contribution in [0.1, 0.15) is 19.4 Å². The van der Waals surface area contributed by atoms with Gasteiger partial charge in [0, 0.05) is 0 Å². The molecule has 1 aromatic rings. The fourth-order valence-corrected chi connectivity index (χ4v) is 1.30. The third kappa shape index (κ3) is 5.29. The van der Waals surface area contributed by atoms with Gasteiger partial charge in [-0.1, -0.05) is 13.8 Å². The molecular formula is C13H20N4O2. The Morgan fingerprint density at radius 3 is 2.63 bits per heavy atom. The zero-order valence-corrected chi connectivity index (χ0v) is 11.5. The number of ether oxygens (including phenoxy) is 2. The Bertz CT molecular complexity index is 466. The van der Waals surface area contributed by atoms with Gasteiger partial charge >= 0.3 is 0 Å². The summed E-state index contributed by atoms with van der Waals surface area (Å²) in [6, 6.07) is 5.49. The molecule has 0 aromatic heterocycles. The van der Waals surface area contributed by atoms with Crippen molar-refractivity contribution in [3.8, 4) is 11.5 Å². The second-order valence-corrected chi connectivity index (χ2v) is 4.38. The minimum absolute atomic E-state index is 0.0832. The predicted octanol–water partition coefficient (Wildman–Crippen LogP) is 1.34. The zero-order valence-electron chi connectivity index (χ0n) is 11.5. The molecule has 0 saturated heterocycles. The van der Waals surface area contributed by atoms with Gasteiger partial charge in [0.1, 0.15) is 0 Å². The molecule has 1 rings (SSSR count). The number of methoxy groups -OCH3 is 1. The molecule has 0 saturated carbocycles. The van der Waals surface area contributed by atoms with Gasteiger partial charge in [0.15, 0.2) is 11.5 Å². The molecule has 6 heteroatoms. The highest BCUT2D eigenvalue weighted by molar-refractivity contribution is 5.82. The summed E-state index contributed by atoms with van der Waals surface area (Å²) < 4.78 is 10.9. The van der Waals surface area contributed by atoms with Gasteiger partial charge < -0.3 is 20.9 Å². The Morgan fingerprint density at radius 1 is 1.32 bits per heavy atom. The van der Waals surface area contributed by atoms with E-state index in [1.165, 1.54) is 6.21 Å². The van der Waals surface area contributed by atoms with Crippen LogP contribution < -0.4 is 20.9 Å². The molecule has 0 unspecified atom stereocenters. The Hall–Kier alpha value is -2.24. The molecule has 0 aliphatic rings. The first-order valence-electron chi connectivity index (χ1n) is 5.95. The predicted molar refractivity (Wildman–Crippen MR) is 76.7 cm³/mol. The maximum atomic E-state index is 5.65. The van der Waals surface area contributed by atoms with Gasteiger partial charge in [0.2, 0.25) is 5.96 Å². The molecule has 1 aromatic carbocycles. The van der Waals surface area contributed by atoms with Crippen LogP contribution in [0, 0.1) is 5.92 Å². The van der Waals surface area contributed by atoms with Crippen LogP contribution in [0.25, 0.3) is 0 Å². The van der Waals surface area contributed by atoms with E-state index in [2.05, 4.69) is 24.1 Å². The molecule has 0 radical (unpaired) electrons. The average molecular weight is 264 g/mol. The van der Waals surface area contributed by atoms with Crippen molar-refractivity contribution in [1.82, 2.24) is 0 Å². The van der Waals surface area contributed by atoms with E-state index in [4.69, 9.17) is 20.9 Å². The van der Waals surface area contributed by atoms with Crippen molar-refractivity contribution in [2.45, 2.75) is 13.8 Å². The first-order valence-corrected chi connectivity index (χ1v) is 5.95. The Morgan fingerprint density at radius 2 is 2.05 bits per heavy atom. The van der Waals surface area contributed by atoms with Crippen molar-refractivity contribution >= 4 is 12.2 Å². The van der Waals surface area contributed by atoms with Crippen LogP contribution in [-0.4, -0.2) is 25.9 Å². The summed E-state index contributed by atoms with van der Waals surface area (Å²) in [4.78, 5) is 0. The zero-order chi connectivity index (χ0) is 14.3. The number of benzene rings is 1. The van der Waals surface area contributed by atoms with E-state index in [0.29, 0.717) is 24.0 Å². The minimum atomic E-state index is -0.0832. The van der Waals surface area contributed by atoms with Crippen LogP contribution in [0.5, 0.6) is 11.5 Å². The molecule has 4 N–H and O–H groups in total. The van der Waals surface area contributed by atoms with Crippen LogP contribution in [-0.2, 0) is 0 Å². The van der Waals surface area contributed by atoms with Crippen molar-refractivity contribution in [1.29, 1.82) is 0 Å². The summed E-state index contributed by atoms with van der Waals surface area (Å²) in [5, 5.41) is 7.26. The second kappa shape index (κ2) is 7.25. The molecule has 19 heavy (non-hydrogen) atoms. The summed E-state index contributed by atoms with van der Waals surface area (Å²) in [5.41, 5.74) is 11.2. The van der Waals surface area contributed by atoms with Gasteiger partial charge in [-0.25, -0.2) is 0 Å². The van der Waals surface area contributed by atoms with Crippen LogP contribution >= 0.6 is 0 Å². The lowest BCUT2D eigenvalue weighted by atomic mass is 10.2. The Labute approximate surface area is 113 Å². The largest absolute Gasteiger partial charge is 0.493 e. The van der Waals surface area contributed by atoms with Gasteiger partial charge in [-0.2, -0.15) is 5.10 Å². The first kappa shape index (κ1) is 14.8. The quantitative estimate of drug-likeness (QED) is 0.460. The van der Waals surface area contributed by atoms with Crippen molar-refractivity contribution in [2.75, 3.05) is 13.7 Å². The van der Waals surface area contributed by atoms with Gasteiger partial charge in [0.25, 0.3) is 0 Å². The van der Waals surface area contributed by atoms with Crippen LogP contribution in [0.2, 0.25) is 0 Å². The molecule has 0 heterocycles. The lowest BCUT2D eigenvalue weighted by Crippen LogP contribution is -2.21. The SMILES string of the molecule is COc1cc(C=NN=C(N)N)ccc1OCC(C)C. The van der Waals surface area contributed by atoms with E-state index in [1.807, 2.05) is 12.1 Å². The van der Waals surface area contributed by atoms with E-state index in [-0.39, 0.29) is 5.96 Å². The van der Waals surface area contributed by atoms with Gasteiger partial charge in [-0.15, -0.1) is 5.10 Å². The molecule has 0 spiro atoms. The lowest BCUT2D eigenvalue weighted by Gasteiger charge is -2.12. The number of hydrogen-bond acceptors (Lipinski definition) is 4. The van der Waals surface area contributed by atoms with Crippen molar-refractivity contribution in [3.05, 3.63) is 23.8 Å². The Kier molecular flexibility index (Phi) is 5.66. The number of guanidine groups is 1. The first-order chi connectivity index (χ1) is 9.02. The summed E-state index contributed by atoms with van der Waals surface area (Å²) in [6.07, 6.45) is 1.54. The molecule has 0 atom stereocenters. The molecule has 0 bridgehead atoms. The maximum absolute atomic E-state index is 5.65. The van der Waals surface area contributed by atoms with Crippen molar-refractivity contribution in [2.24, 2.45) is 27.6 Å². The smallest absolute Gasteiger partial charge is 0.211 e. The standard InChI is InChI=1S/C13H20N4O2/c1-9(2)8-19-11-5-4-10(6-12(11)18-3)7-16-17-13(14)15/h4-7,9H,8H2,1-3H3,(H4,14,15,17). The number of hydrogen-bond donors (Lipinski definition) is 2. The van der Waals surface area contributed by atoms with Gasteiger partial charge in [0.05, 0.1) is 19.9 Å².